The quantitative estimate of drug-likeness (QED) is 0.474. The molecule has 168 valence electrons. The van der Waals surface area contributed by atoms with Crippen molar-refractivity contribution in [1.29, 1.82) is 0 Å². The second-order valence-electron chi connectivity index (χ2n) is 8.59. The van der Waals surface area contributed by atoms with E-state index in [1.54, 1.807) is 29.2 Å². The van der Waals surface area contributed by atoms with Crippen molar-refractivity contribution >= 4 is 44.4 Å². The fraction of sp³-hybridized carbons (Fsp3) is 0.375. The highest BCUT2D eigenvalue weighted by molar-refractivity contribution is 7.22. The lowest BCUT2D eigenvalue weighted by molar-refractivity contribution is -0.152. The number of nitrogens with zero attached hydrogens (tertiary/aromatic N) is 2. The van der Waals surface area contributed by atoms with Gasteiger partial charge in [0.1, 0.15) is 5.75 Å². The van der Waals surface area contributed by atoms with Gasteiger partial charge >= 0.3 is 12.0 Å². The number of anilines is 2. The predicted molar refractivity (Wildman–Crippen MR) is 127 cm³/mol. The van der Waals surface area contributed by atoms with E-state index in [0.717, 1.165) is 28.7 Å². The number of carbonyl (C=O) groups excluding carboxylic acids is 1. The van der Waals surface area contributed by atoms with Gasteiger partial charge in [-0.05, 0) is 69.0 Å². The van der Waals surface area contributed by atoms with Gasteiger partial charge in [0, 0.05) is 12.2 Å². The molecule has 7 nitrogen and oxygen atoms in total. The molecule has 1 aliphatic rings. The van der Waals surface area contributed by atoms with E-state index in [2.05, 4.69) is 10.3 Å². The summed E-state index contributed by atoms with van der Waals surface area (Å²) < 4.78 is 6.62. The third-order valence-electron chi connectivity index (χ3n) is 5.70. The average Bonchev–Trinajstić information content (AvgIpc) is 3.41. The smallest absolute Gasteiger partial charge is 0.347 e. The van der Waals surface area contributed by atoms with E-state index in [0.29, 0.717) is 23.3 Å². The summed E-state index contributed by atoms with van der Waals surface area (Å²) in [4.78, 5) is 30.8. The number of thiazole rings is 1. The molecule has 1 heterocycles. The lowest BCUT2D eigenvalue weighted by Crippen LogP contribution is -2.38. The van der Waals surface area contributed by atoms with Gasteiger partial charge in [-0.25, -0.2) is 14.6 Å². The highest BCUT2D eigenvalue weighted by Gasteiger charge is 2.29. The third-order valence-corrected chi connectivity index (χ3v) is 6.66. The summed E-state index contributed by atoms with van der Waals surface area (Å²) >= 11 is 1.45. The molecule has 0 radical (unpaired) electrons. The zero-order chi connectivity index (χ0) is 22.7. The standard InChI is InChI=1S/C24H27N3O4S/c1-24(2,21(28)29)31-18-13-11-17(12-14-18)27(15-16-7-3-4-8-16)23(30)26-22-25-19-9-5-6-10-20(19)32-22/h5-6,9-14,16H,3-4,7-8,15H2,1-2H3,(H,28,29)(H,25,26,30). The maximum absolute atomic E-state index is 13.3. The number of carbonyl (C=O) groups is 2. The van der Waals surface area contributed by atoms with Crippen molar-refractivity contribution in [2.45, 2.75) is 45.1 Å². The Balaban J connectivity index is 1.54. The van der Waals surface area contributed by atoms with Crippen molar-refractivity contribution in [3.63, 3.8) is 0 Å². The van der Waals surface area contributed by atoms with Gasteiger partial charge in [-0.15, -0.1) is 0 Å². The number of ether oxygens (including phenoxy) is 1. The average molecular weight is 454 g/mol. The molecule has 1 aromatic heterocycles. The van der Waals surface area contributed by atoms with Crippen LogP contribution in [-0.4, -0.2) is 34.2 Å². The SMILES string of the molecule is CC(C)(Oc1ccc(N(CC2CCCC2)C(=O)Nc2nc3ccccc3s2)cc1)C(=O)O. The van der Waals surface area contributed by atoms with Crippen LogP contribution in [0, 0.1) is 5.92 Å². The topological polar surface area (TPSA) is 91.8 Å². The Hall–Kier alpha value is -3.13. The normalized spacial score (nSPS) is 14.4. The number of urea groups is 1. The van der Waals surface area contributed by atoms with Crippen LogP contribution in [0.3, 0.4) is 0 Å². The third kappa shape index (κ3) is 5.02. The lowest BCUT2D eigenvalue weighted by atomic mass is 10.1. The van der Waals surface area contributed by atoms with Crippen LogP contribution < -0.4 is 15.0 Å². The Morgan fingerprint density at radius 3 is 2.50 bits per heavy atom. The van der Waals surface area contributed by atoms with Crippen molar-refractivity contribution in [2.75, 3.05) is 16.8 Å². The number of aromatic nitrogens is 1. The minimum absolute atomic E-state index is 0.226. The van der Waals surface area contributed by atoms with Gasteiger partial charge in [0.15, 0.2) is 10.7 Å². The molecule has 1 saturated carbocycles. The van der Waals surface area contributed by atoms with E-state index < -0.39 is 11.6 Å². The van der Waals surface area contributed by atoms with E-state index in [9.17, 15) is 14.7 Å². The monoisotopic (exact) mass is 453 g/mol. The number of aliphatic carboxylic acids is 1. The van der Waals surface area contributed by atoms with E-state index >= 15 is 0 Å². The Morgan fingerprint density at radius 1 is 1.16 bits per heavy atom. The number of hydrogen-bond donors (Lipinski definition) is 2. The van der Waals surface area contributed by atoms with Crippen LogP contribution in [0.25, 0.3) is 10.2 Å². The van der Waals surface area contributed by atoms with Gasteiger partial charge in [0.05, 0.1) is 10.2 Å². The summed E-state index contributed by atoms with van der Waals surface area (Å²) in [7, 11) is 0. The van der Waals surface area contributed by atoms with Crippen LogP contribution in [0.5, 0.6) is 5.75 Å². The van der Waals surface area contributed by atoms with Crippen molar-refractivity contribution in [3.05, 3.63) is 48.5 Å². The highest BCUT2D eigenvalue weighted by atomic mass is 32.1. The van der Waals surface area contributed by atoms with Gasteiger partial charge in [-0.2, -0.15) is 0 Å². The first-order chi connectivity index (χ1) is 15.3. The molecule has 3 aromatic rings. The Labute approximate surface area is 191 Å². The minimum atomic E-state index is -1.34. The number of benzene rings is 2. The molecule has 0 spiro atoms. The largest absolute Gasteiger partial charge is 0.478 e. The second kappa shape index (κ2) is 9.16. The number of para-hydroxylation sites is 1. The van der Waals surface area contributed by atoms with Gasteiger partial charge in [-0.3, -0.25) is 10.2 Å². The molecule has 32 heavy (non-hydrogen) atoms. The zero-order valence-electron chi connectivity index (χ0n) is 18.2. The Kier molecular flexibility index (Phi) is 6.32. The lowest BCUT2D eigenvalue weighted by Gasteiger charge is -2.26. The van der Waals surface area contributed by atoms with Gasteiger partial charge in [0.2, 0.25) is 0 Å². The summed E-state index contributed by atoms with van der Waals surface area (Å²) in [6.07, 6.45) is 4.60. The Bertz CT molecular complexity index is 1070. The summed E-state index contributed by atoms with van der Waals surface area (Å²) in [6, 6.07) is 14.5. The zero-order valence-corrected chi connectivity index (χ0v) is 19.0. The predicted octanol–water partition coefficient (Wildman–Crippen LogP) is 5.77. The Morgan fingerprint density at radius 2 is 1.84 bits per heavy atom. The number of carboxylic acids is 1. The van der Waals surface area contributed by atoms with Gasteiger partial charge in [-0.1, -0.05) is 36.3 Å². The molecule has 4 rings (SSSR count). The molecule has 1 fully saturated rings. The number of carboxylic acid groups (broad SMARTS) is 1. The summed E-state index contributed by atoms with van der Waals surface area (Å²) in [5.41, 5.74) is 0.253. The first-order valence-electron chi connectivity index (χ1n) is 10.8. The minimum Gasteiger partial charge on any atom is -0.478 e. The van der Waals surface area contributed by atoms with Crippen LogP contribution in [-0.2, 0) is 4.79 Å². The molecule has 0 aliphatic heterocycles. The highest BCUT2D eigenvalue weighted by Crippen LogP contribution is 2.31. The van der Waals surface area contributed by atoms with Crippen LogP contribution in [0.2, 0.25) is 0 Å². The maximum Gasteiger partial charge on any atom is 0.347 e. The number of fused-ring (bicyclic) bond motifs is 1. The second-order valence-corrected chi connectivity index (χ2v) is 9.62. The maximum atomic E-state index is 13.3. The van der Waals surface area contributed by atoms with Gasteiger partial charge < -0.3 is 9.84 Å². The first-order valence-corrected chi connectivity index (χ1v) is 11.6. The number of nitrogens with one attached hydrogen (secondary N) is 1. The molecule has 1 aliphatic carbocycles. The summed E-state index contributed by atoms with van der Waals surface area (Å²) in [6.45, 7) is 3.62. The van der Waals surface area contributed by atoms with E-state index in [4.69, 9.17) is 4.74 Å². The molecule has 2 N–H and O–H groups in total. The van der Waals surface area contributed by atoms with Gasteiger partial charge in [0.25, 0.3) is 0 Å². The van der Waals surface area contributed by atoms with Crippen molar-refractivity contribution in [3.8, 4) is 5.75 Å². The van der Waals surface area contributed by atoms with Crippen molar-refractivity contribution in [2.24, 2.45) is 5.92 Å². The fourth-order valence-electron chi connectivity index (χ4n) is 3.87. The number of rotatable bonds is 7. The van der Waals surface area contributed by atoms with Crippen LogP contribution in [0.15, 0.2) is 48.5 Å². The molecular formula is C24H27N3O4S. The van der Waals surface area contributed by atoms with E-state index in [-0.39, 0.29) is 6.03 Å². The molecule has 2 aromatic carbocycles. The summed E-state index contributed by atoms with van der Waals surface area (Å²) in [5, 5.41) is 12.8. The molecule has 0 atom stereocenters. The van der Waals surface area contributed by atoms with E-state index in [1.807, 2.05) is 24.3 Å². The van der Waals surface area contributed by atoms with Crippen LogP contribution in [0.4, 0.5) is 15.6 Å². The van der Waals surface area contributed by atoms with Crippen molar-refractivity contribution in [1.82, 2.24) is 4.98 Å². The van der Waals surface area contributed by atoms with Crippen LogP contribution in [0.1, 0.15) is 39.5 Å². The fourth-order valence-corrected chi connectivity index (χ4v) is 4.73. The molecule has 0 unspecified atom stereocenters. The molecule has 2 amide bonds. The number of hydrogen-bond acceptors (Lipinski definition) is 5. The number of amides is 2. The molecular weight excluding hydrogens is 426 g/mol. The van der Waals surface area contributed by atoms with Crippen molar-refractivity contribution < 1.29 is 19.4 Å². The first kappa shape index (κ1) is 22.1. The van der Waals surface area contributed by atoms with Crippen LogP contribution >= 0.6 is 11.3 Å². The van der Waals surface area contributed by atoms with E-state index in [1.165, 1.54) is 38.0 Å². The summed E-state index contributed by atoms with van der Waals surface area (Å²) in [5.74, 6) is -0.147. The molecule has 0 bridgehead atoms. The molecule has 0 saturated heterocycles. The molecule has 8 heteroatoms.